The van der Waals surface area contributed by atoms with Gasteiger partial charge in [-0.2, -0.15) is 0 Å². The lowest BCUT2D eigenvalue weighted by Gasteiger charge is -2.25. The fraction of sp³-hybridized carbons (Fsp3) is 0.462. The van der Waals surface area contributed by atoms with E-state index in [1.807, 2.05) is 6.92 Å². The molecule has 6 nitrogen and oxygen atoms in total. The SMILES string of the molecule is COC(C)C(=O)N1c2ccc([N+](=O)[O-])cc2CC1C. The first-order valence-electron chi connectivity index (χ1n) is 6.09. The molecule has 2 atom stereocenters. The number of hydrogen-bond acceptors (Lipinski definition) is 4. The quantitative estimate of drug-likeness (QED) is 0.617. The van der Waals surface area contributed by atoms with Crippen LogP contribution >= 0.6 is 0 Å². The van der Waals surface area contributed by atoms with Gasteiger partial charge in [0.1, 0.15) is 6.10 Å². The zero-order valence-corrected chi connectivity index (χ0v) is 11.1. The van der Waals surface area contributed by atoms with Crippen LogP contribution in [0.2, 0.25) is 0 Å². The first-order chi connectivity index (χ1) is 8.95. The highest BCUT2D eigenvalue weighted by Crippen LogP contribution is 2.35. The molecule has 0 fully saturated rings. The molecule has 1 aliphatic rings. The van der Waals surface area contributed by atoms with Gasteiger partial charge in [-0.05, 0) is 31.9 Å². The first-order valence-corrected chi connectivity index (χ1v) is 6.09. The van der Waals surface area contributed by atoms with E-state index in [-0.39, 0.29) is 17.6 Å². The number of rotatable bonds is 3. The number of nitro benzene ring substituents is 1. The van der Waals surface area contributed by atoms with E-state index in [9.17, 15) is 14.9 Å². The van der Waals surface area contributed by atoms with Gasteiger partial charge >= 0.3 is 0 Å². The summed E-state index contributed by atoms with van der Waals surface area (Å²) in [6.45, 7) is 3.62. The van der Waals surface area contributed by atoms with Gasteiger partial charge in [0, 0.05) is 31.0 Å². The first kappa shape index (κ1) is 13.5. The number of nitrogens with zero attached hydrogens (tertiary/aromatic N) is 2. The maximum Gasteiger partial charge on any atom is 0.269 e. The number of carbonyl (C=O) groups excluding carboxylic acids is 1. The van der Waals surface area contributed by atoms with Crippen LogP contribution in [-0.2, 0) is 16.0 Å². The van der Waals surface area contributed by atoms with Crippen molar-refractivity contribution in [3.63, 3.8) is 0 Å². The number of anilines is 1. The summed E-state index contributed by atoms with van der Waals surface area (Å²) in [5.41, 5.74) is 1.63. The van der Waals surface area contributed by atoms with Gasteiger partial charge in [-0.25, -0.2) is 0 Å². The third-order valence-corrected chi connectivity index (χ3v) is 3.43. The number of hydrogen-bond donors (Lipinski definition) is 0. The van der Waals surface area contributed by atoms with Crippen LogP contribution < -0.4 is 4.90 Å². The summed E-state index contributed by atoms with van der Waals surface area (Å²) in [5, 5.41) is 10.8. The molecule has 6 heteroatoms. The zero-order valence-electron chi connectivity index (χ0n) is 11.1. The van der Waals surface area contributed by atoms with E-state index in [1.165, 1.54) is 19.2 Å². The Labute approximate surface area is 111 Å². The zero-order chi connectivity index (χ0) is 14.2. The Kier molecular flexibility index (Phi) is 3.53. The van der Waals surface area contributed by atoms with Gasteiger partial charge in [0.15, 0.2) is 0 Å². The molecule has 1 heterocycles. The lowest BCUT2D eigenvalue weighted by Crippen LogP contribution is -2.42. The van der Waals surface area contributed by atoms with E-state index in [4.69, 9.17) is 4.74 Å². The summed E-state index contributed by atoms with van der Waals surface area (Å²) in [4.78, 5) is 24.2. The van der Waals surface area contributed by atoms with Crippen molar-refractivity contribution in [1.29, 1.82) is 0 Å². The van der Waals surface area contributed by atoms with Crippen LogP contribution in [0.15, 0.2) is 18.2 Å². The average Bonchev–Trinajstić information content (AvgIpc) is 2.71. The van der Waals surface area contributed by atoms with Crippen LogP contribution in [0.5, 0.6) is 0 Å². The minimum Gasteiger partial charge on any atom is -0.372 e. The van der Waals surface area contributed by atoms with Crippen LogP contribution in [-0.4, -0.2) is 30.1 Å². The Morgan fingerprint density at radius 1 is 1.58 bits per heavy atom. The van der Waals surface area contributed by atoms with Crippen LogP contribution in [0.1, 0.15) is 19.4 Å². The van der Waals surface area contributed by atoms with Crippen molar-refractivity contribution >= 4 is 17.3 Å². The van der Waals surface area contributed by atoms with Crippen molar-refractivity contribution in [2.24, 2.45) is 0 Å². The van der Waals surface area contributed by atoms with E-state index in [0.717, 1.165) is 11.3 Å². The second-order valence-electron chi connectivity index (χ2n) is 4.71. The number of nitro groups is 1. The molecule has 19 heavy (non-hydrogen) atoms. The molecule has 0 spiro atoms. The monoisotopic (exact) mass is 264 g/mol. The molecule has 0 aliphatic carbocycles. The van der Waals surface area contributed by atoms with Gasteiger partial charge in [-0.1, -0.05) is 0 Å². The summed E-state index contributed by atoms with van der Waals surface area (Å²) in [6, 6.07) is 4.59. The van der Waals surface area contributed by atoms with Crippen molar-refractivity contribution in [2.45, 2.75) is 32.4 Å². The average molecular weight is 264 g/mol. The van der Waals surface area contributed by atoms with Gasteiger partial charge in [0.2, 0.25) is 0 Å². The Bertz CT molecular complexity index is 529. The van der Waals surface area contributed by atoms with Crippen molar-refractivity contribution in [3.05, 3.63) is 33.9 Å². The van der Waals surface area contributed by atoms with Crippen molar-refractivity contribution in [1.82, 2.24) is 0 Å². The molecule has 0 radical (unpaired) electrons. The highest BCUT2D eigenvalue weighted by molar-refractivity contribution is 5.99. The Balaban J connectivity index is 2.37. The molecule has 1 aromatic rings. The highest BCUT2D eigenvalue weighted by Gasteiger charge is 2.34. The fourth-order valence-corrected chi connectivity index (χ4v) is 2.36. The Morgan fingerprint density at radius 2 is 2.26 bits per heavy atom. The van der Waals surface area contributed by atoms with Gasteiger partial charge in [0.05, 0.1) is 4.92 Å². The molecule has 1 amide bonds. The van der Waals surface area contributed by atoms with Gasteiger partial charge in [-0.3, -0.25) is 14.9 Å². The normalized spacial score (nSPS) is 19.1. The second-order valence-corrected chi connectivity index (χ2v) is 4.71. The maximum absolute atomic E-state index is 12.2. The maximum atomic E-state index is 12.2. The van der Waals surface area contributed by atoms with E-state index in [2.05, 4.69) is 0 Å². The summed E-state index contributed by atoms with van der Waals surface area (Å²) < 4.78 is 5.05. The molecule has 102 valence electrons. The van der Waals surface area contributed by atoms with Crippen molar-refractivity contribution in [2.75, 3.05) is 12.0 Å². The fourth-order valence-electron chi connectivity index (χ4n) is 2.36. The number of carbonyl (C=O) groups is 1. The lowest BCUT2D eigenvalue weighted by molar-refractivity contribution is -0.384. The summed E-state index contributed by atoms with van der Waals surface area (Å²) in [7, 11) is 1.49. The second kappa shape index (κ2) is 4.97. The van der Waals surface area contributed by atoms with Crippen LogP contribution in [0.25, 0.3) is 0 Å². The van der Waals surface area contributed by atoms with E-state index >= 15 is 0 Å². The largest absolute Gasteiger partial charge is 0.372 e. The predicted octanol–water partition coefficient (Wildman–Crippen LogP) is 1.91. The molecule has 1 aromatic carbocycles. The number of amides is 1. The van der Waals surface area contributed by atoms with Crippen LogP contribution in [0, 0.1) is 10.1 Å². The third-order valence-electron chi connectivity index (χ3n) is 3.43. The summed E-state index contributed by atoms with van der Waals surface area (Å²) in [5.74, 6) is -0.123. The molecule has 0 saturated heterocycles. The summed E-state index contributed by atoms with van der Waals surface area (Å²) >= 11 is 0. The number of fused-ring (bicyclic) bond motifs is 1. The molecule has 2 unspecified atom stereocenters. The molecular formula is C13H16N2O4. The summed E-state index contributed by atoms with van der Waals surface area (Å²) in [6.07, 6.45) is 0.0997. The molecule has 0 saturated carbocycles. The molecule has 1 aliphatic heterocycles. The molecule has 0 N–H and O–H groups in total. The van der Waals surface area contributed by atoms with Gasteiger partial charge in [0.25, 0.3) is 11.6 Å². The lowest BCUT2D eigenvalue weighted by atomic mass is 10.1. The van der Waals surface area contributed by atoms with Crippen LogP contribution in [0.3, 0.4) is 0 Å². The smallest absolute Gasteiger partial charge is 0.269 e. The molecule has 0 bridgehead atoms. The standard InChI is InChI=1S/C13H16N2O4/c1-8-6-10-7-11(15(17)18)4-5-12(10)14(8)13(16)9(2)19-3/h4-5,7-9H,6H2,1-3H3. The minimum absolute atomic E-state index is 0.0119. The number of benzene rings is 1. The number of methoxy groups -OCH3 is 1. The third kappa shape index (κ3) is 2.31. The Morgan fingerprint density at radius 3 is 2.84 bits per heavy atom. The van der Waals surface area contributed by atoms with Gasteiger partial charge < -0.3 is 9.64 Å². The van der Waals surface area contributed by atoms with E-state index in [1.54, 1.807) is 17.9 Å². The topological polar surface area (TPSA) is 72.7 Å². The van der Waals surface area contributed by atoms with Crippen LogP contribution in [0.4, 0.5) is 11.4 Å². The Hall–Kier alpha value is -1.95. The van der Waals surface area contributed by atoms with Crippen molar-refractivity contribution in [3.8, 4) is 0 Å². The molecular weight excluding hydrogens is 248 g/mol. The van der Waals surface area contributed by atoms with E-state index in [0.29, 0.717) is 6.42 Å². The van der Waals surface area contributed by atoms with Crippen molar-refractivity contribution < 1.29 is 14.5 Å². The van der Waals surface area contributed by atoms with E-state index < -0.39 is 11.0 Å². The number of ether oxygens (including phenoxy) is 1. The molecule has 0 aromatic heterocycles. The minimum atomic E-state index is -0.524. The highest BCUT2D eigenvalue weighted by atomic mass is 16.6. The molecule has 2 rings (SSSR count). The van der Waals surface area contributed by atoms with Gasteiger partial charge in [-0.15, -0.1) is 0 Å². The number of non-ortho nitro benzene ring substituents is 1. The predicted molar refractivity (Wildman–Crippen MR) is 70.2 cm³/mol.